The van der Waals surface area contributed by atoms with Gasteiger partial charge in [-0.15, -0.1) is 0 Å². The van der Waals surface area contributed by atoms with E-state index in [-0.39, 0.29) is 10.7 Å². The molecule has 0 aromatic heterocycles. The Morgan fingerprint density at radius 1 is 1.04 bits per heavy atom. The Morgan fingerprint density at radius 2 is 1.68 bits per heavy atom. The van der Waals surface area contributed by atoms with Crippen molar-refractivity contribution < 1.29 is 32.2 Å². The zero-order valence-electron chi connectivity index (χ0n) is 15.0. The third-order valence-corrected chi connectivity index (χ3v) is 3.81. The van der Waals surface area contributed by atoms with Crippen LogP contribution in [0.5, 0.6) is 5.75 Å². The number of hydrogen-bond acceptors (Lipinski definition) is 4. The highest BCUT2D eigenvalue weighted by Gasteiger charge is 2.31. The van der Waals surface area contributed by atoms with Crippen molar-refractivity contribution in [2.75, 3.05) is 18.5 Å². The van der Waals surface area contributed by atoms with Gasteiger partial charge in [0.1, 0.15) is 5.75 Å². The van der Waals surface area contributed by atoms with Crippen LogP contribution >= 0.6 is 11.6 Å². The maximum atomic E-state index is 12.7. The number of carbonyl (C=O) groups is 2. The van der Waals surface area contributed by atoms with Gasteiger partial charge in [-0.05, 0) is 55.3 Å². The predicted molar refractivity (Wildman–Crippen MR) is 97.5 cm³/mol. The first-order chi connectivity index (χ1) is 13.0. The van der Waals surface area contributed by atoms with Gasteiger partial charge in [0, 0.05) is 0 Å². The highest BCUT2D eigenvalue weighted by Crippen LogP contribution is 2.33. The van der Waals surface area contributed by atoms with Crippen LogP contribution in [0.15, 0.2) is 36.4 Å². The highest BCUT2D eigenvalue weighted by atomic mass is 35.5. The standard InChI is InChI=1S/C19H17ClF3NO4/c1-11-5-12(2)7-14(6-11)27-10-18(26)28-9-17(25)24-16-8-13(19(21,22)23)3-4-15(16)20/h3-8H,9-10H2,1-2H3,(H,24,25). The molecule has 0 radical (unpaired) electrons. The van der Waals surface area contributed by atoms with E-state index < -0.39 is 36.8 Å². The van der Waals surface area contributed by atoms with Gasteiger partial charge in [-0.1, -0.05) is 17.7 Å². The quantitative estimate of drug-likeness (QED) is 0.704. The maximum Gasteiger partial charge on any atom is 0.416 e. The molecule has 5 nitrogen and oxygen atoms in total. The van der Waals surface area contributed by atoms with E-state index in [1.165, 1.54) is 0 Å². The number of alkyl halides is 3. The molecule has 1 N–H and O–H groups in total. The minimum absolute atomic E-state index is 0.0779. The Balaban J connectivity index is 1.86. The molecule has 2 aromatic carbocycles. The first-order valence-electron chi connectivity index (χ1n) is 8.08. The van der Waals surface area contributed by atoms with Crippen molar-refractivity contribution in [1.82, 2.24) is 0 Å². The van der Waals surface area contributed by atoms with Crippen LogP contribution in [-0.2, 0) is 20.5 Å². The molecule has 0 aliphatic heterocycles. The van der Waals surface area contributed by atoms with E-state index in [1.54, 1.807) is 12.1 Å². The fourth-order valence-electron chi connectivity index (χ4n) is 2.33. The van der Waals surface area contributed by atoms with Gasteiger partial charge in [-0.25, -0.2) is 4.79 Å². The largest absolute Gasteiger partial charge is 0.482 e. The molecule has 0 bridgehead atoms. The molecule has 0 saturated heterocycles. The number of benzene rings is 2. The molecule has 28 heavy (non-hydrogen) atoms. The Bertz CT molecular complexity index is 864. The van der Waals surface area contributed by atoms with Crippen LogP contribution in [0.25, 0.3) is 0 Å². The van der Waals surface area contributed by atoms with Gasteiger partial charge in [0.25, 0.3) is 5.91 Å². The first kappa shape index (κ1) is 21.6. The van der Waals surface area contributed by atoms with Gasteiger partial charge in [0.15, 0.2) is 13.2 Å². The summed E-state index contributed by atoms with van der Waals surface area (Å²) in [6.07, 6.45) is -4.58. The number of carbonyl (C=O) groups excluding carboxylic acids is 2. The number of hydrogen-bond donors (Lipinski definition) is 1. The Labute approximate surface area is 164 Å². The number of rotatable bonds is 6. The minimum Gasteiger partial charge on any atom is -0.482 e. The third kappa shape index (κ3) is 6.45. The maximum absolute atomic E-state index is 12.7. The highest BCUT2D eigenvalue weighted by molar-refractivity contribution is 6.33. The minimum atomic E-state index is -4.58. The van der Waals surface area contributed by atoms with E-state index >= 15 is 0 Å². The normalized spacial score (nSPS) is 11.1. The van der Waals surface area contributed by atoms with Crippen LogP contribution in [0.1, 0.15) is 16.7 Å². The van der Waals surface area contributed by atoms with Crippen LogP contribution < -0.4 is 10.1 Å². The van der Waals surface area contributed by atoms with Gasteiger partial charge in [-0.2, -0.15) is 13.2 Å². The van der Waals surface area contributed by atoms with Crippen molar-refractivity contribution in [3.05, 3.63) is 58.1 Å². The second-order valence-corrected chi connectivity index (χ2v) is 6.42. The van der Waals surface area contributed by atoms with Crippen molar-refractivity contribution in [3.63, 3.8) is 0 Å². The molecule has 0 spiro atoms. The number of amides is 1. The molecular formula is C19H17ClF3NO4. The van der Waals surface area contributed by atoms with E-state index in [0.29, 0.717) is 11.8 Å². The van der Waals surface area contributed by atoms with Gasteiger partial charge in [-0.3, -0.25) is 4.79 Å². The topological polar surface area (TPSA) is 64.6 Å². The summed E-state index contributed by atoms with van der Waals surface area (Å²) < 4.78 is 48.2. The molecule has 0 heterocycles. The lowest BCUT2D eigenvalue weighted by Crippen LogP contribution is -2.24. The smallest absolute Gasteiger partial charge is 0.416 e. The molecule has 9 heteroatoms. The molecule has 0 fully saturated rings. The summed E-state index contributed by atoms with van der Waals surface area (Å²) in [5, 5.41) is 2.10. The number of ether oxygens (including phenoxy) is 2. The second kappa shape index (κ2) is 8.97. The van der Waals surface area contributed by atoms with Gasteiger partial charge >= 0.3 is 12.1 Å². The molecule has 2 aromatic rings. The summed E-state index contributed by atoms with van der Waals surface area (Å²) >= 11 is 5.79. The average molecular weight is 416 g/mol. The summed E-state index contributed by atoms with van der Waals surface area (Å²) in [7, 11) is 0. The lowest BCUT2D eigenvalue weighted by Gasteiger charge is -2.12. The summed E-state index contributed by atoms with van der Waals surface area (Å²) in [6.45, 7) is 2.64. The fraction of sp³-hybridized carbons (Fsp3) is 0.263. The van der Waals surface area contributed by atoms with Gasteiger partial charge in [0.2, 0.25) is 0 Å². The summed E-state index contributed by atoms with van der Waals surface area (Å²) in [6, 6.07) is 7.93. The van der Waals surface area contributed by atoms with Crippen molar-refractivity contribution >= 4 is 29.2 Å². The van der Waals surface area contributed by atoms with Crippen LogP contribution in [0, 0.1) is 13.8 Å². The second-order valence-electron chi connectivity index (χ2n) is 6.01. The SMILES string of the molecule is Cc1cc(C)cc(OCC(=O)OCC(=O)Nc2cc(C(F)(F)F)ccc2Cl)c1. The molecule has 0 aliphatic carbocycles. The Hall–Kier alpha value is -2.74. The number of anilines is 1. The average Bonchev–Trinajstić information content (AvgIpc) is 2.58. The molecular weight excluding hydrogens is 399 g/mol. The summed E-state index contributed by atoms with van der Waals surface area (Å²) in [4.78, 5) is 23.5. The lowest BCUT2D eigenvalue weighted by molar-refractivity contribution is -0.149. The molecule has 150 valence electrons. The molecule has 2 rings (SSSR count). The van der Waals surface area contributed by atoms with E-state index in [2.05, 4.69) is 5.32 Å². The summed E-state index contributed by atoms with van der Waals surface area (Å²) in [5.41, 5.74) is 0.719. The van der Waals surface area contributed by atoms with E-state index in [1.807, 2.05) is 19.9 Å². The number of esters is 1. The fourth-order valence-corrected chi connectivity index (χ4v) is 2.49. The molecule has 0 saturated carbocycles. The Morgan fingerprint density at radius 3 is 2.29 bits per heavy atom. The molecule has 0 atom stereocenters. The Kier molecular flexibility index (Phi) is 6.90. The van der Waals surface area contributed by atoms with Crippen molar-refractivity contribution in [3.8, 4) is 5.75 Å². The van der Waals surface area contributed by atoms with Gasteiger partial charge < -0.3 is 14.8 Å². The van der Waals surface area contributed by atoms with Crippen LogP contribution in [0.2, 0.25) is 5.02 Å². The van der Waals surface area contributed by atoms with Crippen LogP contribution in [-0.4, -0.2) is 25.1 Å². The van der Waals surface area contributed by atoms with Gasteiger partial charge in [0.05, 0.1) is 16.3 Å². The zero-order valence-corrected chi connectivity index (χ0v) is 15.8. The van der Waals surface area contributed by atoms with Crippen molar-refractivity contribution in [1.29, 1.82) is 0 Å². The van der Waals surface area contributed by atoms with Crippen molar-refractivity contribution in [2.45, 2.75) is 20.0 Å². The van der Waals surface area contributed by atoms with Crippen molar-refractivity contribution in [2.24, 2.45) is 0 Å². The van der Waals surface area contributed by atoms with E-state index in [9.17, 15) is 22.8 Å². The monoisotopic (exact) mass is 415 g/mol. The number of halogens is 4. The van der Waals surface area contributed by atoms with E-state index in [0.717, 1.165) is 23.3 Å². The third-order valence-electron chi connectivity index (χ3n) is 3.48. The lowest BCUT2D eigenvalue weighted by atomic mass is 10.1. The van der Waals surface area contributed by atoms with Crippen LogP contribution in [0.4, 0.5) is 18.9 Å². The zero-order chi connectivity index (χ0) is 20.9. The number of nitrogens with one attached hydrogen (secondary N) is 1. The van der Waals surface area contributed by atoms with E-state index in [4.69, 9.17) is 21.1 Å². The van der Waals surface area contributed by atoms with Crippen LogP contribution in [0.3, 0.4) is 0 Å². The molecule has 1 amide bonds. The predicted octanol–water partition coefficient (Wildman–Crippen LogP) is 4.54. The number of aryl methyl sites for hydroxylation is 2. The molecule has 0 unspecified atom stereocenters. The molecule has 0 aliphatic rings. The first-order valence-corrected chi connectivity index (χ1v) is 8.45. The summed E-state index contributed by atoms with van der Waals surface area (Å²) in [5.74, 6) is -1.15.